The zero-order valence-corrected chi connectivity index (χ0v) is 12.9. The highest BCUT2D eigenvalue weighted by molar-refractivity contribution is 5.63. The van der Waals surface area contributed by atoms with Crippen LogP contribution >= 0.6 is 0 Å². The number of imidazole rings is 1. The summed E-state index contributed by atoms with van der Waals surface area (Å²) in [5.41, 5.74) is 8.85. The first kappa shape index (κ1) is 14.8. The number of rotatable bonds is 5. The van der Waals surface area contributed by atoms with E-state index in [2.05, 4.69) is 33.4 Å². The number of nitrogen functional groups attached to an aromatic ring is 1. The van der Waals surface area contributed by atoms with Crippen molar-refractivity contribution < 1.29 is 4.74 Å². The summed E-state index contributed by atoms with van der Waals surface area (Å²) in [4.78, 5) is 8.48. The molecule has 1 aliphatic heterocycles. The molecule has 7 heteroatoms. The minimum absolute atomic E-state index is 0.307. The smallest absolute Gasteiger partial charge is 0.336 e. The number of aromatic nitrogens is 4. The van der Waals surface area contributed by atoms with Gasteiger partial charge in [0.15, 0.2) is 11.5 Å². The minimum atomic E-state index is 0.307. The molecule has 0 aliphatic carbocycles. The third-order valence-corrected chi connectivity index (χ3v) is 3.72. The van der Waals surface area contributed by atoms with E-state index in [1.807, 2.05) is 0 Å². The van der Waals surface area contributed by atoms with Gasteiger partial charge in [-0.3, -0.25) is 0 Å². The zero-order valence-electron chi connectivity index (χ0n) is 12.9. The van der Waals surface area contributed by atoms with Gasteiger partial charge in [-0.15, -0.1) is 5.10 Å². The molecule has 0 saturated carbocycles. The van der Waals surface area contributed by atoms with E-state index in [4.69, 9.17) is 10.5 Å². The van der Waals surface area contributed by atoms with Gasteiger partial charge in [-0.1, -0.05) is 18.9 Å². The lowest BCUT2D eigenvalue weighted by molar-refractivity contribution is 0.281. The quantitative estimate of drug-likeness (QED) is 0.816. The van der Waals surface area contributed by atoms with Crippen LogP contribution in [0.1, 0.15) is 38.3 Å². The Morgan fingerprint density at radius 2 is 2.23 bits per heavy atom. The fraction of sp³-hybridized carbons (Fsp3) is 0.533. The molecule has 7 nitrogen and oxygen atoms in total. The lowest BCUT2D eigenvalue weighted by Crippen LogP contribution is -2.23. The largest absolute Gasteiger partial charge is 0.462 e. The average Bonchev–Trinajstić information content (AvgIpc) is 2.92. The first-order valence-electron chi connectivity index (χ1n) is 7.82. The molecule has 0 spiro atoms. The Morgan fingerprint density at radius 1 is 1.41 bits per heavy atom. The summed E-state index contributed by atoms with van der Waals surface area (Å²) in [6.07, 6.45) is 8.05. The highest BCUT2D eigenvalue weighted by Crippen LogP contribution is 2.19. The maximum Gasteiger partial charge on any atom is 0.336 e. The molecule has 3 rings (SSSR count). The normalized spacial score (nSPS) is 15.2. The number of fused-ring (bicyclic) bond motifs is 1. The third kappa shape index (κ3) is 3.19. The maximum absolute atomic E-state index is 5.96. The van der Waals surface area contributed by atoms with Crippen LogP contribution in [0, 0.1) is 0 Å². The molecule has 1 aliphatic rings. The lowest BCUT2D eigenvalue weighted by Gasteiger charge is -2.14. The van der Waals surface area contributed by atoms with Crippen molar-refractivity contribution in [2.75, 3.05) is 25.4 Å². The Kier molecular flexibility index (Phi) is 4.53. The number of nitrogens with one attached hydrogen (secondary N) is 1. The van der Waals surface area contributed by atoms with Crippen molar-refractivity contribution in [2.45, 2.75) is 32.6 Å². The molecule has 0 amide bonds. The monoisotopic (exact) mass is 302 g/mol. The summed E-state index contributed by atoms with van der Waals surface area (Å²) >= 11 is 0. The van der Waals surface area contributed by atoms with E-state index in [9.17, 15) is 0 Å². The molecule has 1 fully saturated rings. The summed E-state index contributed by atoms with van der Waals surface area (Å²) in [5.74, 6) is 0.344. The zero-order chi connectivity index (χ0) is 15.4. The number of anilines is 1. The number of unbranched alkanes of at least 4 members (excludes halogenated alkanes) is 1. The minimum Gasteiger partial charge on any atom is -0.462 e. The van der Waals surface area contributed by atoms with Crippen LogP contribution in [-0.4, -0.2) is 39.3 Å². The summed E-state index contributed by atoms with van der Waals surface area (Å²) in [6.45, 7) is 4.75. The van der Waals surface area contributed by atoms with Gasteiger partial charge in [0.05, 0.1) is 18.5 Å². The molecule has 0 unspecified atom stereocenters. The fourth-order valence-corrected chi connectivity index (χ4v) is 2.47. The van der Waals surface area contributed by atoms with E-state index in [0.717, 1.165) is 44.5 Å². The molecule has 3 heterocycles. The fourth-order valence-electron chi connectivity index (χ4n) is 2.47. The van der Waals surface area contributed by atoms with Gasteiger partial charge >= 0.3 is 6.01 Å². The van der Waals surface area contributed by atoms with Crippen LogP contribution in [-0.2, 0) is 0 Å². The Labute approximate surface area is 129 Å². The number of hydrogen-bond acceptors (Lipinski definition) is 6. The molecule has 0 bridgehead atoms. The van der Waals surface area contributed by atoms with Gasteiger partial charge < -0.3 is 15.8 Å². The Hall–Kier alpha value is -2.15. The summed E-state index contributed by atoms with van der Waals surface area (Å²) in [5, 5.41) is 7.76. The first-order chi connectivity index (χ1) is 10.8. The highest BCUT2D eigenvalue weighted by Gasteiger charge is 2.12. The molecule has 22 heavy (non-hydrogen) atoms. The number of ether oxygens (including phenoxy) is 1. The Balaban J connectivity index is 1.90. The van der Waals surface area contributed by atoms with Crippen LogP contribution in [0.15, 0.2) is 11.8 Å². The number of nitrogens with two attached hydrogens (primary N) is 1. The molecular weight excluding hydrogens is 280 g/mol. The third-order valence-electron chi connectivity index (χ3n) is 3.72. The van der Waals surface area contributed by atoms with Crippen molar-refractivity contribution >= 4 is 17.5 Å². The van der Waals surface area contributed by atoms with Crippen LogP contribution in [0.3, 0.4) is 0 Å². The molecule has 0 atom stereocenters. The van der Waals surface area contributed by atoms with Gasteiger partial charge in [-0.25, -0.2) is 9.50 Å². The SMILES string of the molecule is CCCCOc1nc(N)c2ncc(C=C3CCNCC3)n2n1. The molecule has 0 radical (unpaired) electrons. The van der Waals surface area contributed by atoms with Crippen LogP contribution in [0.5, 0.6) is 6.01 Å². The highest BCUT2D eigenvalue weighted by atomic mass is 16.5. The van der Waals surface area contributed by atoms with Crippen molar-refractivity contribution in [1.82, 2.24) is 24.9 Å². The Morgan fingerprint density at radius 3 is 3.00 bits per heavy atom. The number of piperidine rings is 1. The van der Waals surface area contributed by atoms with Crippen molar-refractivity contribution in [3.05, 3.63) is 17.5 Å². The second-order valence-corrected chi connectivity index (χ2v) is 5.45. The van der Waals surface area contributed by atoms with E-state index in [0.29, 0.717) is 24.1 Å². The van der Waals surface area contributed by atoms with E-state index in [1.54, 1.807) is 10.7 Å². The van der Waals surface area contributed by atoms with E-state index in [-0.39, 0.29) is 0 Å². The van der Waals surface area contributed by atoms with Crippen molar-refractivity contribution in [3.8, 4) is 6.01 Å². The molecule has 1 saturated heterocycles. The summed E-state index contributed by atoms with van der Waals surface area (Å²) < 4.78 is 7.29. The molecule has 118 valence electrons. The molecule has 2 aromatic heterocycles. The summed E-state index contributed by atoms with van der Waals surface area (Å²) in [7, 11) is 0. The second kappa shape index (κ2) is 6.74. The first-order valence-corrected chi connectivity index (χ1v) is 7.82. The van der Waals surface area contributed by atoms with Gasteiger partial charge in [-0.05, 0) is 38.4 Å². The molecule has 2 aromatic rings. The van der Waals surface area contributed by atoms with Crippen molar-refractivity contribution in [3.63, 3.8) is 0 Å². The molecular formula is C15H22N6O. The summed E-state index contributed by atoms with van der Waals surface area (Å²) in [6, 6.07) is 0.307. The van der Waals surface area contributed by atoms with E-state index < -0.39 is 0 Å². The van der Waals surface area contributed by atoms with Gasteiger partial charge in [-0.2, -0.15) is 4.98 Å². The molecule has 3 N–H and O–H groups in total. The van der Waals surface area contributed by atoms with Crippen LogP contribution in [0.4, 0.5) is 5.82 Å². The van der Waals surface area contributed by atoms with Crippen LogP contribution in [0.25, 0.3) is 11.7 Å². The van der Waals surface area contributed by atoms with Crippen LogP contribution < -0.4 is 15.8 Å². The van der Waals surface area contributed by atoms with E-state index in [1.165, 1.54) is 5.57 Å². The predicted octanol–water partition coefficient (Wildman–Crippen LogP) is 1.65. The number of nitrogens with zero attached hydrogens (tertiary/aromatic N) is 4. The van der Waals surface area contributed by atoms with Gasteiger partial charge in [0.25, 0.3) is 0 Å². The van der Waals surface area contributed by atoms with Crippen LogP contribution in [0.2, 0.25) is 0 Å². The van der Waals surface area contributed by atoms with Gasteiger partial charge in [0, 0.05) is 0 Å². The molecule has 0 aromatic carbocycles. The second-order valence-electron chi connectivity index (χ2n) is 5.45. The average molecular weight is 302 g/mol. The van der Waals surface area contributed by atoms with E-state index >= 15 is 0 Å². The number of hydrogen-bond donors (Lipinski definition) is 2. The Bertz CT molecular complexity index is 670. The standard InChI is InChI=1S/C15H22N6O/c1-2-3-8-22-15-19-13(16)14-18-10-12(21(14)20-15)9-11-4-6-17-7-5-11/h9-10,17H,2-8H2,1H3,(H2,16,19,20). The predicted molar refractivity (Wildman–Crippen MR) is 85.7 cm³/mol. The van der Waals surface area contributed by atoms with Crippen molar-refractivity contribution in [2.24, 2.45) is 0 Å². The van der Waals surface area contributed by atoms with Gasteiger partial charge in [0.1, 0.15) is 0 Å². The van der Waals surface area contributed by atoms with Crippen molar-refractivity contribution in [1.29, 1.82) is 0 Å². The maximum atomic E-state index is 5.96. The topological polar surface area (TPSA) is 90.4 Å². The van der Waals surface area contributed by atoms with Gasteiger partial charge in [0.2, 0.25) is 0 Å². The lowest BCUT2D eigenvalue weighted by atomic mass is 10.0.